The van der Waals surface area contributed by atoms with Crippen molar-refractivity contribution in [3.05, 3.63) is 88.8 Å². The van der Waals surface area contributed by atoms with Gasteiger partial charge in [0.2, 0.25) is 0 Å². The molecule has 7 heteroatoms. The summed E-state index contributed by atoms with van der Waals surface area (Å²) in [5.41, 5.74) is 2.85. The molecule has 0 unspecified atom stereocenters. The lowest BCUT2D eigenvalue weighted by Gasteiger charge is -2.32. The van der Waals surface area contributed by atoms with Crippen LogP contribution < -0.4 is 9.47 Å². The molecular formula is C30H30N2O5. The van der Waals surface area contributed by atoms with Gasteiger partial charge in [-0.25, -0.2) is 0 Å². The molecule has 4 aromatic rings. The second-order valence-electron chi connectivity index (χ2n) is 9.45. The molecule has 1 saturated heterocycles. The minimum absolute atomic E-state index is 0.0881. The maximum atomic E-state index is 13.7. The van der Waals surface area contributed by atoms with Crippen LogP contribution in [0.25, 0.3) is 10.8 Å². The Kier molecular flexibility index (Phi) is 6.95. The van der Waals surface area contributed by atoms with Gasteiger partial charge in [0.25, 0.3) is 5.91 Å². The maximum absolute atomic E-state index is 13.7. The standard InChI is InChI=1S/C30H30N2O5/c1-19-27(20(2)37-31-19)18-36-28-17-24-7-5-4-6-23(24)16-26(28)30(34)32-14-12-22(13-15-32)29(33)21-8-10-25(35-3)11-9-21/h4-11,16-17,22H,12-15,18H2,1-3H3. The number of piperidine rings is 1. The van der Waals surface area contributed by atoms with Crippen LogP contribution in [0.1, 0.15) is 50.6 Å². The van der Waals surface area contributed by atoms with Crippen LogP contribution in [-0.2, 0) is 6.61 Å². The summed E-state index contributed by atoms with van der Waals surface area (Å²) < 4.78 is 16.6. The summed E-state index contributed by atoms with van der Waals surface area (Å²) in [7, 11) is 1.60. The van der Waals surface area contributed by atoms with Crippen molar-refractivity contribution in [2.45, 2.75) is 33.3 Å². The molecular weight excluding hydrogens is 468 g/mol. The highest BCUT2D eigenvalue weighted by molar-refractivity contribution is 6.02. The van der Waals surface area contributed by atoms with Crippen molar-refractivity contribution in [3.63, 3.8) is 0 Å². The number of fused-ring (bicyclic) bond motifs is 1. The van der Waals surface area contributed by atoms with Crippen LogP contribution in [0, 0.1) is 19.8 Å². The minimum Gasteiger partial charge on any atom is -0.497 e. The molecule has 0 saturated carbocycles. The number of aromatic nitrogens is 1. The van der Waals surface area contributed by atoms with E-state index < -0.39 is 0 Å². The molecule has 1 aliphatic rings. The van der Waals surface area contributed by atoms with Crippen LogP contribution in [0.3, 0.4) is 0 Å². The number of nitrogens with zero attached hydrogens (tertiary/aromatic N) is 2. The highest BCUT2D eigenvalue weighted by Gasteiger charge is 2.30. The lowest BCUT2D eigenvalue weighted by molar-refractivity contribution is 0.0646. The average Bonchev–Trinajstić information content (AvgIpc) is 3.27. The molecule has 0 radical (unpaired) electrons. The van der Waals surface area contributed by atoms with Crippen LogP contribution in [0.5, 0.6) is 11.5 Å². The van der Waals surface area contributed by atoms with E-state index in [2.05, 4.69) is 5.16 Å². The fraction of sp³-hybridized carbons (Fsp3) is 0.300. The number of rotatable bonds is 7. The molecule has 3 aromatic carbocycles. The van der Waals surface area contributed by atoms with Crippen molar-refractivity contribution < 1.29 is 23.6 Å². The summed E-state index contributed by atoms with van der Waals surface area (Å²) in [6, 6.07) is 18.9. The van der Waals surface area contributed by atoms with Gasteiger partial charge in [0.05, 0.1) is 23.9 Å². The quantitative estimate of drug-likeness (QED) is 0.301. The topological polar surface area (TPSA) is 81.9 Å². The Labute approximate surface area is 216 Å². The van der Waals surface area contributed by atoms with Gasteiger partial charge in [-0.1, -0.05) is 29.4 Å². The predicted molar refractivity (Wildman–Crippen MR) is 140 cm³/mol. The molecule has 0 aliphatic carbocycles. The van der Waals surface area contributed by atoms with Crippen LogP contribution in [0.2, 0.25) is 0 Å². The van der Waals surface area contributed by atoms with E-state index in [9.17, 15) is 9.59 Å². The number of likely N-dealkylation sites (tertiary alicyclic amines) is 1. The van der Waals surface area contributed by atoms with Crippen LogP contribution >= 0.6 is 0 Å². The summed E-state index contributed by atoms with van der Waals surface area (Å²) in [6.45, 7) is 5.02. The Morgan fingerprint density at radius 3 is 2.30 bits per heavy atom. The number of Topliss-reactive ketones (excluding diaryl/α,β-unsaturated/α-hetero) is 1. The van der Waals surface area contributed by atoms with Crippen LogP contribution in [0.15, 0.2) is 65.2 Å². The Morgan fingerprint density at radius 2 is 1.68 bits per heavy atom. The summed E-state index contributed by atoms with van der Waals surface area (Å²) in [6.07, 6.45) is 1.25. The van der Waals surface area contributed by atoms with E-state index in [0.717, 1.165) is 27.8 Å². The van der Waals surface area contributed by atoms with E-state index in [0.29, 0.717) is 48.6 Å². The lowest BCUT2D eigenvalue weighted by Crippen LogP contribution is -2.40. The average molecular weight is 499 g/mol. The first-order valence-electron chi connectivity index (χ1n) is 12.5. The number of carbonyl (C=O) groups excluding carboxylic acids is 2. The van der Waals surface area contributed by atoms with Gasteiger partial charge in [-0.3, -0.25) is 9.59 Å². The van der Waals surface area contributed by atoms with Crippen molar-refractivity contribution >= 4 is 22.5 Å². The third-order valence-electron chi connectivity index (χ3n) is 7.16. The number of ketones is 1. The molecule has 0 spiro atoms. The van der Waals surface area contributed by atoms with Crippen molar-refractivity contribution in [3.8, 4) is 11.5 Å². The number of methoxy groups -OCH3 is 1. The second kappa shape index (κ2) is 10.5. The van der Waals surface area contributed by atoms with Gasteiger partial charge in [-0.2, -0.15) is 0 Å². The first kappa shape index (κ1) is 24.6. The zero-order valence-electron chi connectivity index (χ0n) is 21.3. The number of ether oxygens (including phenoxy) is 2. The smallest absolute Gasteiger partial charge is 0.257 e. The van der Waals surface area contributed by atoms with Crippen LogP contribution in [-0.4, -0.2) is 41.9 Å². The minimum atomic E-state index is -0.107. The van der Waals surface area contributed by atoms with Gasteiger partial charge in [0, 0.05) is 24.6 Å². The third-order valence-corrected chi connectivity index (χ3v) is 7.16. The summed E-state index contributed by atoms with van der Waals surface area (Å²) >= 11 is 0. The largest absolute Gasteiger partial charge is 0.497 e. The molecule has 5 rings (SSSR count). The molecule has 37 heavy (non-hydrogen) atoms. The summed E-state index contributed by atoms with van der Waals surface area (Å²) in [5.74, 6) is 1.87. The van der Waals surface area contributed by atoms with E-state index in [1.165, 1.54) is 0 Å². The molecule has 0 N–H and O–H groups in total. The van der Waals surface area contributed by atoms with E-state index in [-0.39, 0.29) is 24.2 Å². The van der Waals surface area contributed by atoms with Gasteiger partial charge >= 0.3 is 0 Å². The molecule has 1 amide bonds. The van der Waals surface area contributed by atoms with Crippen molar-refractivity contribution in [2.75, 3.05) is 20.2 Å². The number of carbonyl (C=O) groups is 2. The van der Waals surface area contributed by atoms with Crippen molar-refractivity contribution in [1.82, 2.24) is 10.1 Å². The highest BCUT2D eigenvalue weighted by Crippen LogP contribution is 2.31. The zero-order valence-corrected chi connectivity index (χ0v) is 21.3. The number of aryl methyl sites for hydroxylation is 2. The SMILES string of the molecule is COc1ccc(C(=O)C2CCN(C(=O)c3cc4ccccc4cc3OCc3c(C)noc3C)CC2)cc1. The predicted octanol–water partition coefficient (Wildman–Crippen LogP) is 5.77. The molecule has 7 nitrogen and oxygen atoms in total. The Bertz CT molecular complexity index is 1410. The highest BCUT2D eigenvalue weighted by atomic mass is 16.5. The lowest BCUT2D eigenvalue weighted by atomic mass is 9.88. The number of hydrogen-bond acceptors (Lipinski definition) is 6. The van der Waals surface area contributed by atoms with E-state index >= 15 is 0 Å². The molecule has 190 valence electrons. The van der Waals surface area contributed by atoms with Gasteiger partial charge in [0.15, 0.2) is 5.78 Å². The number of amides is 1. The Morgan fingerprint density at radius 1 is 1.00 bits per heavy atom. The Hall–Kier alpha value is -4.13. The van der Waals surface area contributed by atoms with Gasteiger partial charge < -0.3 is 18.9 Å². The first-order valence-corrected chi connectivity index (χ1v) is 12.5. The van der Waals surface area contributed by atoms with Crippen molar-refractivity contribution in [1.29, 1.82) is 0 Å². The zero-order chi connectivity index (χ0) is 25.9. The van der Waals surface area contributed by atoms with E-state index in [1.54, 1.807) is 31.4 Å². The normalized spacial score (nSPS) is 14.1. The molecule has 1 aromatic heterocycles. The van der Waals surface area contributed by atoms with Crippen molar-refractivity contribution in [2.24, 2.45) is 5.92 Å². The van der Waals surface area contributed by atoms with E-state index in [1.807, 2.05) is 55.1 Å². The summed E-state index contributed by atoms with van der Waals surface area (Å²) in [5, 5.41) is 5.97. The third kappa shape index (κ3) is 5.07. The number of benzene rings is 3. The van der Waals surface area contributed by atoms with E-state index in [4.69, 9.17) is 14.0 Å². The molecule has 0 bridgehead atoms. The summed E-state index contributed by atoms with van der Waals surface area (Å²) in [4.78, 5) is 28.5. The fourth-order valence-corrected chi connectivity index (χ4v) is 4.87. The van der Waals surface area contributed by atoms with Crippen LogP contribution in [0.4, 0.5) is 0 Å². The molecule has 2 heterocycles. The second-order valence-corrected chi connectivity index (χ2v) is 9.45. The Balaban J connectivity index is 1.33. The monoisotopic (exact) mass is 498 g/mol. The van der Waals surface area contributed by atoms with Gasteiger partial charge in [-0.15, -0.1) is 0 Å². The first-order chi connectivity index (χ1) is 17.9. The number of hydrogen-bond donors (Lipinski definition) is 0. The maximum Gasteiger partial charge on any atom is 0.257 e. The molecule has 1 aliphatic heterocycles. The molecule has 1 fully saturated rings. The molecule has 0 atom stereocenters. The van der Waals surface area contributed by atoms with Gasteiger partial charge in [-0.05, 0) is 73.9 Å². The fourth-order valence-electron chi connectivity index (χ4n) is 4.87. The van der Waals surface area contributed by atoms with Gasteiger partial charge in [0.1, 0.15) is 23.9 Å².